The summed E-state index contributed by atoms with van der Waals surface area (Å²) in [5, 5.41) is 7.65. The van der Waals surface area contributed by atoms with Crippen molar-refractivity contribution >= 4 is 41.0 Å². The van der Waals surface area contributed by atoms with Crippen molar-refractivity contribution < 1.29 is 9.32 Å². The van der Waals surface area contributed by atoms with Gasteiger partial charge < -0.3 is 9.84 Å². The molecular weight excluding hydrogens is 370 g/mol. The van der Waals surface area contributed by atoms with E-state index in [1.54, 1.807) is 17.4 Å². The molecule has 0 aliphatic heterocycles. The van der Waals surface area contributed by atoms with E-state index in [4.69, 9.17) is 16.1 Å². The Morgan fingerprint density at radius 2 is 2.12 bits per heavy atom. The van der Waals surface area contributed by atoms with Gasteiger partial charge in [0.05, 0.1) is 11.4 Å². The van der Waals surface area contributed by atoms with E-state index in [0.29, 0.717) is 23.3 Å². The minimum Gasteiger partial charge on any atom is -0.351 e. The van der Waals surface area contributed by atoms with Crippen molar-refractivity contribution in [3.8, 4) is 10.7 Å². The zero-order valence-corrected chi connectivity index (χ0v) is 15.4. The predicted molar refractivity (Wildman–Crippen MR) is 103 cm³/mol. The summed E-state index contributed by atoms with van der Waals surface area (Å²) in [5.41, 5.74) is 0.888. The molecule has 2 heterocycles. The predicted octanol–water partition coefficient (Wildman–Crippen LogP) is 4.65. The van der Waals surface area contributed by atoms with E-state index in [2.05, 4.69) is 15.5 Å². The summed E-state index contributed by atoms with van der Waals surface area (Å²) in [5.74, 6) is 1.32. The van der Waals surface area contributed by atoms with E-state index < -0.39 is 0 Å². The maximum atomic E-state index is 11.7. The van der Waals surface area contributed by atoms with Crippen LogP contribution in [-0.2, 0) is 11.3 Å². The van der Waals surface area contributed by atoms with Crippen molar-refractivity contribution in [2.75, 3.05) is 0 Å². The molecule has 0 radical (unpaired) electrons. The lowest BCUT2D eigenvalue weighted by Gasteiger charge is -2.00. The number of nitrogens with one attached hydrogen (secondary N) is 1. The molecule has 132 valence electrons. The molecule has 26 heavy (non-hydrogen) atoms. The highest BCUT2D eigenvalue weighted by atomic mass is 35.5. The van der Waals surface area contributed by atoms with Crippen molar-refractivity contribution in [3.05, 3.63) is 57.8 Å². The smallest absolute Gasteiger partial charge is 0.250 e. The van der Waals surface area contributed by atoms with E-state index in [-0.39, 0.29) is 11.8 Å². The number of thiophene rings is 1. The van der Waals surface area contributed by atoms with Crippen LogP contribution in [0, 0.1) is 5.92 Å². The second-order valence-corrected chi connectivity index (χ2v) is 7.64. The van der Waals surface area contributed by atoms with Crippen molar-refractivity contribution in [2.24, 2.45) is 5.92 Å². The molecule has 7 heteroatoms. The maximum Gasteiger partial charge on any atom is 0.250 e. The van der Waals surface area contributed by atoms with Gasteiger partial charge in [0.15, 0.2) is 0 Å². The summed E-state index contributed by atoms with van der Waals surface area (Å²) in [6.45, 7) is 0.539. The molecule has 0 bridgehead atoms. The van der Waals surface area contributed by atoms with Gasteiger partial charge in [-0.1, -0.05) is 35.0 Å². The SMILES string of the molecule is O=C(NCc1ccc(-c2noc(C=Cc3ccccc3Cl)n2)s1)C1CC1. The van der Waals surface area contributed by atoms with Gasteiger partial charge in [0, 0.05) is 21.9 Å². The number of aromatic nitrogens is 2. The van der Waals surface area contributed by atoms with Gasteiger partial charge >= 0.3 is 0 Å². The number of nitrogens with zero attached hydrogens (tertiary/aromatic N) is 2. The Kier molecular flexibility index (Phi) is 4.86. The molecule has 1 saturated carbocycles. The molecule has 0 atom stereocenters. The zero-order valence-electron chi connectivity index (χ0n) is 13.8. The van der Waals surface area contributed by atoms with Gasteiger partial charge in [-0.05, 0) is 42.7 Å². The van der Waals surface area contributed by atoms with E-state index >= 15 is 0 Å². The average Bonchev–Trinajstić information content (AvgIpc) is 3.21. The Morgan fingerprint density at radius 1 is 1.27 bits per heavy atom. The monoisotopic (exact) mass is 385 g/mol. The molecule has 2 aromatic heterocycles. The summed E-state index contributed by atoms with van der Waals surface area (Å²) in [4.78, 5) is 18.1. The summed E-state index contributed by atoms with van der Waals surface area (Å²) in [7, 11) is 0. The van der Waals surface area contributed by atoms with Crippen molar-refractivity contribution in [3.63, 3.8) is 0 Å². The standard InChI is InChI=1S/C19H16ClN3O2S/c20-15-4-2-1-3-12(15)7-10-17-22-18(23-25-17)16-9-8-14(26-16)11-21-19(24)13-5-6-13/h1-4,7-10,13H,5-6,11H2,(H,21,24). The van der Waals surface area contributed by atoms with Gasteiger partial charge in [0.1, 0.15) is 0 Å². The van der Waals surface area contributed by atoms with E-state index in [1.807, 2.05) is 42.5 Å². The minimum atomic E-state index is 0.145. The fourth-order valence-electron chi connectivity index (χ4n) is 2.43. The van der Waals surface area contributed by atoms with Crippen molar-refractivity contribution in [1.29, 1.82) is 0 Å². The second-order valence-electron chi connectivity index (χ2n) is 6.07. The molecule has 5 nitrogen and oxygen atoms in total. The lowest BCUT2D eigenvalue weighted by Crippen LogP contribution is -2.23. The Morgan fingerprint density at radius 3 is 2.92 bits per heavy atom. The van der Waals surface area contributed by atoms with Gasteiger partial charge in [0.2, 0.25) is 11.7 Å². The second kappa shape index (κ2) is 7.43. The molecule has 1 amide bonds. The first kappa shape index (κ1) is 17.0. The number of benzene rings is 1. The summed E-state index contributed by atoms with van der Waals surface area (Å²) in [6.07, 6.45) is 5.60. The molecule has 3 aromatic rings. The van der Waals surface area contributed by atoms with Gasteiger partial charge in [0.25, 0.3) is 5.89 Å². The number of hydrogen-bond acceptors (Lipinski definition) is 5. The van der Waals surface area contributed by atoms with Crippen LogP contribution in [0.3, 0.4) is 0 Å². The number of carbonyl (C=O) groups is 1. The topological polar surface area (TPSA) is 68.0 Å². The molecule has 1 N–H and O–H groups in total. The van der Waals surface area contributed by atoms with Gasteiger partial charge in [-0.3, -0.25) is 4.79 Å². The molecule has 1 aliphatic carbocycles. The summed E-state index contributed by atoms with van der Waals surface area (Å²) in [6, 6.07) is 11.5. The average molecular weight is 386 g/mol. The third-order valence-electron chi connectivity index (χ3n) is 4.02. The Balaban J connectivity index is 1.41. The van der Waals surface area contributed by atoms with Crippen LogP contribution in [0.4, 0.5) is 0 Å². The third kappa shape index (κ3) is 4.03. The Hall–Kier alpha value is -2.44. The van der Waals surface area contributed by atoms with Crippen LogP contribution in [0.1, 0.15) is 29.2 Å². The molecular formula is C19H16ClN3O2S. The number of hydrogen-bond donors (Lipinski definition) is 1. The number of rotatable bonds is 6. The van der Waals surface area contributed by atoms with Crippen LogP contribution < -0.4 is 5.32 Å². The van der Waals surface area contributed by atoms with Crippen LogP contribution in [-0.4, -0.2) is 16.0 Å². The summed E-state index contributed by atoms with van der Waals surface area (Å²) >= 11 is 7.67. The van der Waals surface area contributed by atoms with Crippen LogP contribution in [0.15, 0.2) is 40.9 Å². The molecule has 1 aliphatic rings. The number of carbonyl (C=O) groups excluding carboxylic acids is 1. The van der Waals surface area contributed by atoms with E-state index in [0.717, 1.165) is 28.2 Å². The van der Waals surface area contributed by atoms with Crippen molar-refractivity contribution in [1.82, 2.24) is 15.5 Å². The maximum absolute atomic E-state index is 11.7. The fourth-order valence-corrected chi connectivity index (χ4v) is 3.50. The lowest BCUT2D eigenvalue weighted by atomic mass is 10.2. The quantitative estimate of drug-likeness (QED) is 0.670. The fraction of sp³-hybridized carbons (Fsp3) is 0.211. The van der Waals surface area contributed by atoms with Crippen LogP contribution in [0.25, 0.3) is 22.9 Å². The van der Waals surface area contributed by atoms with Crippen LogP contribution in [0.5, 0.6) is 0 Å². The van der Waals surface area contributed by atoms with Crippen molar-refractivity contribution in [2.45, 2.75) is 19.4 Å². The molecule has 0 saturated heterocycles. The van der Waals surface area contributed by atoms with Crippen LogP contribution >= 0.6 is 22.9 Å². The van der Waals surface area contributed by atoms with Crippen LogP contribution in [0.2, 0.25) is 5.02 Å². The van der Waals surface area contributed by atoms with E-state index in [1.165, 1.54) is 0 Å². The Bertz CT molecular complexity index is 959. The number of halogens is 1. The Labute approximate surface area is 159 Å². The molecule has 0 spiro atoms. The highest BCUT2D eigenvalue weighted by Crippen LogP contribution is 2.30. The first-order valence-electron chi connectivity index (χ1n) is 8.32. The zero-order chi connectivity index (χ0) is 17.9. The first-order chi connectivity index (χ1) is 12.7. The molecule has 1 aromatic carbocycles. The molecule has 4 rings (SSSR count). The van der Waals surface area contributed by atoms with Gasteiger partial charge in [-0.25, -0.2) is 0 Å². The number of amides is 1. The lowest BCUT2D eigenvalue weighted by molar-refractivity contribution is -0.122. The molecule has 1 fully saturated rings. The van der Waals surface area contributed by atoms with E-state index in [9.17, 15) is 4.79 Å². The highest BCUT2D eigenvalue weighted by molar-refractivity contribution is 7.15. The largest absolute Gasteiger partial charge is 0.351 e. The minimum absolute atomic E-state index is 0.145. The van der Waals surface area contributed by atoms with Gasteiger partial charge in [-0.2, -0.15) is 4.98 Å². The highest BCUT2D eigenvalue weighted by Gasteiger charge is 2.29. The van der Waals surface area contributed by atoms with Gasteiger partial charge in [-0.15, -0.1) is 11.3 Å². The first-order valence-corrected chi connectivity index (χ1v) is 9.51. The molecule has 0 unspecified atom stereocenters. The summed E-state index contributed by atoms with van der Waals surface area (Å²) < 4.78 is 5.27. The third-order valence-corrected chi connectivity index (χ3v) is 5.44. The normalized spacial score (nSPS) is 14.0.